The van der Waals surface area contributed by atoms with Crippen molar-refractivity contribution in [3.8, 4) is 0 Å². The number of nitrogens with one attached hydrogen (secondary N) is 2. The topological polar surface area (TPSA) is 163 Å². The van der Waals surface area contributed by atoms with Gasteiger partial charge < -0.3 is 26.7 Å². The molecule has 0 bridgehead atoms. The second kappa shape index (κ2) is 9.15. The number of guanidine groups is 1. The molecule has 0 saturated carbocycles. The number of alkyl halides is 3. The lowest BCUT2D eigenvalue weighted by molar-refractivity contribution is -0.118. The van der Waals surface area contributed by atoms with Crippen LogP contribution < -0.4 is 22.1 Å². The van der Waals surface area contributed by atoms with E-state index in [1.165, 1.54) is 11.8 Å². The van der Waals surface area contributed by atoms with Crippen molar-refractivity contribution < 1.29 is 17.7 Å². The lowest BCUT2D eigenvalue weighted by Crippen LogP contribution is -2.25. The molecule has 144 valence electrons. The number of halogens is 3. The molecular formula is C10H14F3N9OS3. The smallest absolute Gasteiger partial charge is 0.408 e. The van der Waals surface area contributed by atoms with Crippen LogP contribution in [-0.2, 0) is 5.75 Å². The SMILES string of the molecule is NC(=NCC(F)(F)F)Nc1nc(CSCCNc2n[s+]([O-])nc2N)ns1. The number of nitrogens with zero attached hydrogens (tertiary/aromatic N) is 5. The zero-order valence-corrected chi connectivity index (χ0v) is 15.4. The van der Waals surface area contributed by atoms with E-state index in [2.05, 4.69) is 33.7 Å². The third kappa shape index (κ3) is 7.14. The molecule has 26 heavy (non-hydrogen) atoms. The number of thioether (sulfide) groups is 1. The van der Waals surface area contributed by atoms with Gasteiger partial charge in [-0.05, 0) is 0 Å². The van der Waals surface area contributed by atoms with Gasteiger partial charge in [-0.25, -0.2) is 9.98 Å². The first kappa shape index (κ1) is 20.4. The van der Waals surface area contributed by atoms with Crippen molar-refractivity contribution in [2.24, 2.45) is 10.7 Å². The molecule has 2 heterocycles. The maximum atomic E-state index is 12.0. The lowest BCUT2D eigenvalue weighted by atomic mass is 10.6. The molecule has 6 N–H and O–H groups in total. The van der Waals surface area contributed by atoms with Crippen LogP contribution in [0.5, 0.6) is 0 Å². The van der Waals surface area contributed by atoms with Gasteiger partial charge in [0.1, 0.15) is 6.54 Å². The Bertz CT molecular complexity index is 748. The molecule has 2 aromatic rings. The number of nitrogens with two attached hydrogens (primary N) is 2. The Balaban J connectivity index is 1.69. The monoisotopic (exact) mass is 429 g/mol. The predicted octanol–water partition coefficient (Wildman–Crippen LogP) is 1.27. The molecule has 0 aliphatic rings. The molecular weight excluding hydrogens is 415 g/mol. The van der Waals surface area contributed by atoms with E-state index in [0.29, 0.717) is 29.7 Å². The summed E-state index contributed by atoms with van der Waals surface area (Å²) < 4.78 is 58.5. The minimum atomic E-state index is -4.42. The van der Waals surface area contributed by atoms with E-state index in [1.807, 2.05) is 0 Å². The minimum Gasteiger partial charge on any atom is -0.546 e. The number of hydrogen-bond acceptors (Lipinski definition) is 10. The first-order valence-electron chi connectivity index (χ1n) is 6.86. The van der Waals surface area contributed by atoms with Crippen LogP contribution in [0.4, 0.5) is 29.9 Å². The molecule has 0 fully saturated rings. The van der Waals surface area contributed by atoms with Crippen molar-refractivity contribution in [3.63, 3.8) is 0 Å². The maximum absolute atomic E-state index is 12.0. The number of rotatable bonds is 8. The van der Waals surface area contributed by atoms with Gasteiger partial charge in [-0.2, -0.15) is 29.3 Å². The van der Waals surface area contributed by atoms with Gasteiger partial charge in [0.2, 0.25) is 16.8 Å². The number of anilines is 3. The minimum absolute atomic E-state index is 0.106. The lowest BCUT2D eigenvalue weighted by Gasteiger charge is -2.03. The van der Waals surface area contributed by atoms with Crippen LogP contribution in [0.3, 0.4) is 0 Å². The highest BCUT2D eigenvalue weighted by atomic mass is 32.2. The van der Waals surface area contributed by atoms with Crippen LogP contribution in [0.1, 0.15) is 5.82 Å². The van der Waals surface area contributed by atoms with Crippen molar-refractivity contribution in [1.82, 2.24) is 18.1 Å². The van der Waals surface area contributed by atoms with Crippen molar-refractivity contribution in [1.29, 1.82) is 0 Å². The molecule has 2 rings (SSSR count). The van der Waals surface area contributed by atoms with Gasteiger partial charge in [-0.1, -0.05) is 0 Å². The van der Waals surface area contributed by atoms with Crippen LogP contribution in [0.15, 0.2) is 4.99 Å². The molecule has 0 aliphatic carbocycles. The third-order valence-electron chi connectivity index (χ3n) is 2.49. The van der Waals surface area contributed by atoms with Gasteiger partial charge in [-0.15, -0.1) is 0 Å². The molecule has 0 radical (unpaired) electrons. The van der Waals surface area contributed by atoms with Gasteiger partial charge in [0.15, 0.2) is 22.9 Å². The molecule has 1 atom stereocenters. The first-order chi connectivity index (χ1) is 12.2. The summed E-state index contributed by atoms with van der Waals surface area (Å²) in [7, 11) is 0. The first-order valence-corrected chi connectivity index (χ1v) is 9.85. The number of aliphatic imine (C=N–C) groups is 1. The summed E-state index contributed by atoms with van der Waals surface area (Å²) in [6.07, 6.45) is -4.42. The summed E-state index contributed by atoms with van der Waals surface area (Å²) in [6.45, 7) is -0.850. The van der Waals surface area contributed by atoms with E-state index < -0.39 is 23.9 Å². The molecule has 0 amide bonds. The van der Waals surface area contributed by atoms with E-state index in [4.69, 9.17) is 11.5 Å². The molecule has 0 aromatic carbocycles. The highest BCUT2D eigenvalue weighted by Gasteiger charge is 2.26. The van der Waals surface area contributed by atoms with Gasteiger partial charge in [-0.3, -0.25) is 0 Å². The van der Waals surface area contributed by atoms with Crippen LogP contribution in [0, 0.1) is 0 Å². The average Bonchev–Trinajstić information content (AvgIpc) is 3.10. The molecule has 16 heteroatoms. The standard InChI is InChI=1S/C10H14F3N9OS3/c11-10(12,13)4-17-8(15)19-9-18-5(20-25-9)3-24-2-1-16-7-6(14)21-26(23)22-7/h1-4H2,(H2,14,21)(H,16,22)(H3,15,17,18,19,20). The summed E-state index contributed by atoms with van der Waals surface area (Å²) >= 11 is 0.819. The predicted molar refractivity (Wildman–Crippen MR) is 95.8 cm³/mol. The molecule has 1 unspecified atom stereocenters. The summed E-state index contributed by atoms with van der Waals surface area (Å²) in [5, 5.41) is 5.63. The highest BCUT2D eigenvalue weighted by molar-refractivity contribution is 7.98. The van der Waals surface area contributed by atoms with Gasteiger partial charge in [0, 0.05) is 32.6 Å². The van der Waals surface area contributed by atoms with Crippen LogP contribution in [-0.4, -0.2) is 53.6 Å². The molecule has 2 aromatic heterocycles. The number of aromatic nitrogens is 4. The fraction of sp³-hybridized carbons (Fsp3) is 0.500. The Morgan fingerprint density at radius 2 is 2.15 bits per heavy atom. The highest BCUT2D eigenvalue weighted by Crippen LogP contribution is 2.20. The Hall–Kier alpha value is -1.91. The van der Waals surface area contributed by atoms with Crippen LogP contribution >= 0.6 is 34.4 Å². The summed E-state index contributed by atoms with van der Waals surface area (Å²) in [5.41, 5.74) is 10.9. The van der Waals surface area contributed by atoms with Crippen LogP contribution in [0.25, 0.3) is 0 Å². The summed E-state index contributed by atoms with van der Waals surface area (Å²) in [5.74, 6) is 1.69. The second-order valence-corrected chi connectivity index (χ2v) is 7.27. The van der Waals surface area contributed by atoms with E-state index in [9.17, 15) is 17.7 Å². The molecule has 0 saturated heterocycles. The van der Waals surface area contributed by atoms with Gasteiger partial charge >= 0.3 is 6.18 Å². The Morgan fingerprint density at radius 1 is 1.38 bits per heavy atom. The number of nitrogen functional groups attached to an aromatic ring is 1. The maximum Gasteiger partial charge on any atom is 0.408 e. The van der Waals surface area contributed by atoms with Crippen molar-refractivity contribution in [3.05, 3.63) is 5.82 Å². The van der Waals surface area contributed by atoms with Gasteiger partial charge in [0.25, 0.3) is 0 Å². The van der Waals surface area contributed by atoms with Crippen molar-refractivity contribution >= 4 is 57.2 Å². The Kier molecular flexibility index (Phi) is 7.18. The quantitative estimate of drug-likeness (QED) is 0.208. The van der Waals surface area contributed by atoms with E-state index in [1.54, 1.807) is 0 Å². The zero-order chi connectivity index (χ0) is 19.2. The molecule has 10 nitrogen and oxygen atoms in total. The fourth-order valence-electron chi connectivity index (χ4n) is 1.49. The second-order valence-electron chi connectivity index (χ2n) is 4.58. The third-order valence-corrected chi connectivity index (χ3v) is 4.81. The number of hydrogen-bond donors (Lipinski definition) is 4. The van der Waals surface area contributed by atoms with E-state index >= 15 is 0 Å². The Labute approximate surface area is 157 Å². The van der Waals surface area contributed by atoms with E-state index in [0.717, 1.165) is 11.5 Å². The molecule has 0 spiro atoms. The Morgan fingerprint density at radius 3 is 2.81 bits per heavy atom. The largest absolute Gasteiger partial charge is 0.546 e. The normalized spacial score (nSPS) is 13.1. The van der Waals surface area contributed by atoms with Crippen molar-refractivity contribution in [2.75, 3.05) is 35.2 Å². The fourth-order valence-corrected chi connectivity index (χ4v) is 3.48. The van der Waals surface area contributed by atoms with E-state index in [-0.39, 0.29) is 16.9 Å². The van der Waals surface area contributed by atoms with Crippen molar-refractivity contribution in [2.45, 2.75) is 11.9 Å². The van der Waals surface area contributed by atoms with Crippen LogP contribution in [0.2, 0.25) is 0 Å². The summed E-state index contributed by atoms with van der Waals surface area (Å²) in [6, 6.07) is 0. The zero-order valence-electron chi connectivity index (χ0n) is 13.0. The van der Waals surface area contributed by atoms with Gasteiger partial charge in [0.05, 0.1) is 5.75 Å². The molecule has 0 aliphatic heterocycles. The summed E-state index contributed by atoms with van der Waals surface area (Å²) in [4.78, 5) is 7.27. The average molecular weight is 429 g/mol.